The largest absolute Gasteiger partial charge is 0.395 e. The predicted octanol–water partition coefficient (Wildman–Crippen LogP) is 4.06. The second-order valence-corrected chi connectivity index (χ2v) is 6.90. The minimum absolute atomic E-state index is 0.0640. The van der Waals surface area contributed by atoms with Crippen LogP contribution < -0.4 is 5.32 Å². The van der Waals surface area contributed by atoms with Gasteiger partial charge in [-0.2, -0.15) is 0 Å². The van der Waals surface area contributed by atoms with Crippen molar-refractivity contribution in [3.8, 4) is 0 Å². The fourth-order valence-corrected chi connectivity index (χ4v) is 2.96. The fourth-order valence-electron chi connectivity index (χ4n) is 2.37. The zero-order valence-electron chi connectivity index (χ0n) is 13.5. The number of benzene rings is 2. The summed E-state index contributed by atoms with van der Waals surface area (Å²) >= 11 is 9.21. The molecule has 7 heteroatoms. The van der Waals surface area contributed by atoms with Crippen molar-refractivity contribution in [2.75, 3.05) is 25.0 Å². The molecule has 0 heterocycles. The lowest BCUT2D eigenvalue weighted by molar-refractivity contribution is -0.116. The maximum Gasteiger partial charge on any atom is 0.225 e. The molecule has 0 bridgehead atoms. The molecule has 0 saturated carbocycles. The van der Waals surface area contributed by atoms with E-state index >= 15 is 0 Å². The van der Waals surface area contributed by atoms with Crippen molar-refractivity contribution in [1.29, 1.82) is 0 Å². The number of aliphatic hydroxyl groups excluding tert-OH is 1. The summed E-state index contributed by atoms with van der Waals surface area (Å²) < 4.78 is 14.7. The van der Waals surface area contributed by atoms with E-state index in [0.29, 0.717) is 35.9 Å². The fraction of sp³-hybridized carbons (Fsp3) is 0.278. The van der Waals surface area contributed by atoms with Crippen LogP contribution in [-0.4, -0.2) is 35.6 Å². The van der Waals surface area contributed by atoms with Crippen LogP contribution in [0.5, 0.6) is 0 Å². The molecule has 0 radical (unpaired) electrons. The van der Waals surface area contributed by atoms with Gasteiger partial charge in [-0.15, -0.1) is 0 Å². The number of nitrogens with zero attached hydrogens (tertiary/aromatic N) is 1. The van der Waals surface area contributed by atoms with Crippen molar-refractivity contribution >= 4 is 39.1 Å². The molecular formula is C18H19BrClFN2O2. The van der Waals surface area contributed by atoms with Crippen LogP contribution in [0.2, 0.25) is 5.02 Å². The van der Waals surface area contributed by atoms with Gasteiger partial charge < -0.3 is 10.4 Å². The number of halogens is 3. The Hall–Kier alpha value is -1.47. The molecule has 2 aromatic rings. The number of rotatable bonds is 8. The Kier molecular flexibility index (Phi) is 7.84. The van der Waals surface area contributed by atoms with Crippen LogP contribution >= 0.6 is 27.5 Å². The zero-order chi connectivity index (χ0) is 18.2. The normalized spacial score (nSPS) is 10.9. The molecule has 0 aliphatic heterocycles. The third-order valence-corrected chi connectivity index (χ3v) is 4.31. The van der Waals surface area contributed by atoms with Gasteiger partial charge in [-0.25, -0.2) is 4.39 Å². The van der Waals surface area contributed by atoms with Crippen LogP contribution in [0.4, 0.5) is 10.1 Å². The molecule has 0 saturated heterocycles. The number of carbonyl (C=O) groups excluding carboxylic acids is 1. The van der Waals surface area contributed by atoms with Crippen molar-refractivity contribution in [2.45, 2.75) is 13.0 Å². The first-order valence-corrected chi connectivity index (χ1v) is 8.97. The van der Waals surface area contributed by atoms with Crippen LogP contribution in [0.15, 0.2) is 46.9 Å². The summed E-state index contributed by atoms with van der Waals surface area (Å²) in [5, 5.41) is 12.5. The van der Waals surface area contributed by atoms with E-state index in [0.717, 1.165) is 4.47 Å². The number of hydrogen-bond acceptors (Lipinski definition) is 3. The first kappa shape index (κ1) is 19.8. The quantitative estimate of drug-likeness (QED) is 0.665. The number of amides is 1. The molecule has 0 aliphatic carbocycles. The summed E-state index contributed by atoms with van der Waals surface area (Å²) in [5.41, 5.74) is 1.14. The summed E-state index contributed by atoms with van der Waals surface area (Å²) in [6.45, 7) is 1.01. The molecule has 4 nitrogen and oxygen atoms in total. The molecule has 0 fully saturated rings. The van der Waals surface area contributed by atoms with E-state index in [-0.39, 0.29) is 24.8 Å². The Morgan fingerprint density at radius 1 is 1.24 bits per heavy atom. The Bertz CT molecular complexity index is 730. The summed E-state index contributed by atoms with van der Waals surface area (Å²) in [4.78, 5) is 13.9. The van der Waals surface area contributed by atoms with Gasteiger partial charge in [-0.05, 0) is 36.4 Å². The summed E-state index contributed by atoms with van der Waals surface area (Å²) in [6, 6.07) is 11.6. The minimum Gasteiger partial charge on any atom is -0.395 e. The van der Waals surface area contributed by atoms with Gasteiger partial charge in [-0.1, -0.05) is 33.6 Å². The molecule has 134 valence electrons. The molecule has 0 unspecified atom stereocenters. The van der Waals surface area contributed by atoms with Crippen molar-refractivity contribution in [3.05, 3.63) is 63.3 Å². The summed E-state index contributed by atoms with van der Waals surface area (Å²) in [7, 11) is 0. The summed E-state index contributed by atoms with van der Waals surface area (Å²) in [5.74, 6) is -0.477. The van der Waals surface area contributed by atoms with Crippen LogP contribution in [0.3, 0.4) is 0 Å². The zero-order valence-corrected chi connectivity index (χ0v) is 15.9. The third-order valence-electron chi connectivity index (χ3n) is 3.58. The Morgan fingerprint density at radius 3 is 2.76 bits per heavy atom. The lowest BCUT2D eigenvalue weighted by Crippen LogP contribution is -2.30. The number of aliphatic hydroxyl groups is 1. The van der Waals surface area contributed by atoms with Crippen LogP contribution in [-0.2, 0) is 11.3 Å². The molecule has 0 atom stereocenters. The maximum absolute atomic E-state index is 13.9. The van der Waals surface area contributed by atoms with Crippen LogP contribution in [0.1, 0.15) is 12.0 Å². The highest BCUT2D eigenvalue weighted by Gasteiger charge is 2.12. The molecule has 25 heavy (non-hydrogen) atoms. The van der Waals surface area contributed by atoms with Crippen molar-refractivity contribution in [1.82, 2.24) is 4.90 Å². The lowest BCUT2D eigenvalue weighted by Gasteiger charge is -2.21. The van der Waals surface area contributed by atoms with E-state index in [1.807, 2.05) is 4.90 Å². The van der Waals surface area contributed by atoms with E-state index in [1.54, 1.807) is 36.4 Å². The standard InChI is InChI=1S/C18H19BrClFN2O2/c19-14-4-5-17(21)13(10-14)12-23(8-9-24)7-6-18(25)22-16-3-1-2-15(20)11-16/h1-5,10-11,24H,6-9,12H2,(H,22,25). The average Bonchev–Trinajstić information content (AvgIpc) is 2.56. The van der Waals surface area contributed by atoms with Crippen LogP contribution in [0, 0.1) is 5.82 Å². The van der Waals surface area contributed by atoms with Crippen molar-refractivity contribution in [3.63, 3.8) is 0 Å². The smallest absolute Gasteiger partial charge is 0.225 e. The van der Waals surface area contributed by atoms with E-state index < -0.39 is 0 Å². The SMILES string of the molecule is O=C(CCN(CCO)Cc1cc(Br)ccc1F)Nc1cccc(Cl)c1. The molecule has 0 spiro atoms. The molecule has 2 aromatic carbocycles. The van der Waals surface area contributed by atoms with E-state index in [1.165, 1.54) is 6.07 Å². The number of hydrogen-bond donors (Lipinski definition) is 2. The van der Waals surface area contributed by atoms with E-state index in [9.17, 15) is 14.3 Å². The lowest BCUT2D eigenvalue weighted by atomic mass is 10.2. The monoisotopic (exact) mass is 428 g/mol. The van der Waals surface area contributed by atoms with Crippen molar-refractivity contribution in [2.24, 2.45) is 0 Å². The van der Waals surface area contributed by atoms with Crippen LogP contribution in [0.25, 0.3) is 0 Å². The van der Waals surface area contributed by atoms with Gasteiger partial charge in [0.15, 0.2) is 0 Å². The molecule has 1 amide bonds. The first-order valence-electron chi connectivity index (χ1n) is 7.80. The van der Waals surface area contributed by atoms with Crippen molar-refractivity contribution < 1.29 is 14.3 Å². The Morgan fingerprint density at radius 2 is 2.04 bits per heavy atom. The molecular weight excluding hydrogens is 411 g/mol. The minimum atomic E-state index is -0.311. The number of carbonyl (C=O) groups is 1. The Labute approximate surface area is 159 Å². The first-order chi connectivity index (χ1) is 12.0. The van der Waals surface area contributed by atoms with Gasteiger partial charge >= 0.3 is 0 Å². The van der Waals surface area contributed by atoms with E-state index in [2.05, 4.69) is 21.2 Å². The third kappa shape index (κ3) is 6.74. The Balaban J connectivity index is 1.92. The topological polar surface area (TPSA) is 52.6 Å². The highest BCUT2D eigenvalue weighted by atomic mass is 79.9. The maximum atomic E-state index is 13.9. The molecule has 0 aromatic heterocycles. The predicted molar refractivity (Wildman–Crippen MR) is 101 cm³/mol. The van der Waals surface area contributed by atoms with Gasteiger partial charge in [0.1, 0.15) is 5.82 Å². The van der Waals surface area contributed by atoms with Gasteiger partial charge in [0.05, 0.1) is 6.61 Å². The molecule has 0 aliphatic rings. The number of nitrogens with one attached hydrogen (secondary N) is 1. The summed E-state index contributed by atoms with van der Waals surface area (Å²) in [6.07, 6.45) is 0.224. The average molecular weight is 430 g/mol. The number of anilines is 1. The van der Waals surface area contributed by atoms with Gasteiger partial charge in [0.2, 0.25) is 5.91 Å². The van der Waals surface area contributed by atoms with Gasteiger partial charge in [0, 0.05) is 46.8 Å². The second kappa shape index (κ2) is 9.87. The highest BCUT2D eigenvalue weighted by molar-refractivity contribution is 9.10. The van der Waals surface area contributed by atoms with E-state index in [4.69, 9.17) is 11.6 Å². The van der Waals surface area contributed by atoms with Gasteiger partial charge in [0.25, 0.3) is 0 Å². The molecule has 2 rings (SSSR count). The second-order valence-electron chi connectivity index (χ2n) is 5.54. The highest BCUT2D eigenvalue weighted by Crippen LogP contribution is 2.18. The molecule has 2 N–H and O–H groups in total. The van der Waals surface area contributed by atoms with Gasteiger partial charge in [-0.3, -0.25) is 9.69 Å².